The lowest BCUT2D eigenvalue weighted by Gasteiger charge is -2.18. The second-order valence-electron chi connectivity index (χ2n) is 5.18. The molecule has 1 amide bonds. The second kappa shape index (κ2) is 9.42. The molecule has 0 bridgehead atoms. The van der Waals surface area contributed by atoms with Crippen LogP contribution in [0.4, 0.5) is 0 Å². The van der Waals surface area contributed by atoms with E-state index in [1.807, 2.05) is 30.3 Å². The van der Waals surface area contributed by atoms with Gasteiger partial charge in [-0.3, -0.25) is 10.2 Å². The maximum Gasteiger partial charge on any atom is 0.326 e. The van der Waals surface area contributed by atoms with Gasteiger partial charge in [0, 0.05) is 6.54 Å². The van der Waals surface area contributed by atoms with Crippen LogP contribution < -0.4 is 22.1 Å². The Morgan fingerprint density at radius 2 is 1.91 bits per heavy atom. The summed E-state index contributed by atoms with van der Waals surface area (Å²) in [6.45, 7) is 0.366. The Labute approximate surface area is 134 Å². The van der Waals surface area contributed by atoms with Gasteiger partial charge in [0.05, 0.1) is 6.04 Å². The number of amides is 1. The highest BCUT2D eigenvalue weighted by molar-refractivity contribution is 5.87. The number of carboxylic acid groups (broad SMARTS) is 1. The van der Waals surface area contributed by atoms with Crippen molar-refractivity contribution in [3.05, 3.63) is 35.9 Å². The van der Waals surface area contributed by atoms with E-state index in [-0.39, 0.29) is 12.4 Å². The van der Waals surface area contributed by atoms with Gasteiger partial charge in [-0.25, -0.2) is 4.79 Å². The molecule has 0 aliphatic rings. The third kappa shape index (κ3) is 7.28. The molecule has 0 aromatic heterocycles. The number of aliphatic carboxylic acids is 1. The molecule has 0 saturated heterocycles. The lowest BCUT2D eigenvalue weighted by Crippen LogP contribution is -2.49. The van der Waals surface area contributed by atoms with E-state index in [2.05, 4.69) is 10.6 Å². The predicted octanol–water partition coefficient (Wildman–Crippen LogP) is -0.611. The first kappa shape index (κ1) is 18.4. The van der Waals surface area contributed by atoms with Crippen molar-refractivity contribution >= 4 is 17.8 Å². The van der Waals surface area contributed by atoms with E-state index in [1.54, 1.807) is 0 Å². The fraction of sp³-hybridized carbons (Fsp3) is 0.400. The third-order valence-electron chi connectivity index (χ3n) is 3.23. The summed E-state index contributed by atoms with van der Waals surface area (Å²) in [6, 6.07) is 7.45. The Balaban J connectivity index is 2.46. The third-order valence-corrected chi connectivity index (χ3v) is 3.23. The molecule has 8 heteroatoms. The number of benzene rings is 1. The molecule has 0 aliphatic carbocycles. The first-order chi connectivity index (χ1) is 10.9. The maximum absolute atomic E-state index is 12.0. The van der Waals surface area contributed by atoms with E-state index in [9.17, 15) is 9.59 Å². The molecule has 1 unspecified atom stereocenters. The second-order valence-corrected chi connectivity index (χ2v) is 5.18. The molecule has 1 aromatic carbocycles. The monoisotopic (exact) mass is 321 g/mol. The first-order valence-electron chi connectivity index (χ1n) is 7.30. The number of nitrogens with two attached hydrogens (primary N) is 2. The number of carboxylic acids is 1. The molecular weight excluding hydrogens is 298 g/mol. The van der Waals surface area contributed by atoms with Crippen molar-refractivity contribution in [2.45, 2.75) is 31.3 Å². The number of carbonyl (C=O) groups excluding carboxylic acids is 1. The van der Waals surface area contributed by atoms with Crippen LogP contribution in [0.1, 0.15) is 18.4 Å². The van der Waals surface area contributed by atoms with Crippen molar-refractivity contribution < 1.29 is 14.7 Å². The molecule has 0 saturated carbocycles. The van der Waals surface area contributed by atoms with E-state index in [1.165, 1.54) is 0 Å². The lowest BCUT2D eigenvalue weighted by molar-refractivity contribution is -0.142. The van der Waals surface area contributed by atoms with Gasteiger partial charge in [-0.05, 0) is 24.8 Å². The Morgan fingerprint density at radius 3 is 2.48 bits per heavy atom. The quantitative estimate of drug-likeness (QED) is 0.202. The van der Waals surface area contributed by atoms with Crippen molar-refractivity contribution in [1.29, 1.82) is 5.41 Å². The zero-order valence-corrected chi connectivity index (χ0v) is 12.8. The number of carbonyl (C=O) groups is 2. The minimum Gasteiger partial charge on any atom is -0.480 e. The van der Waals surface area contributed by atoms with Crippen LogP contribution in [0.15, 0.2) is 30.3 Å². The van der Waals surface area contributed by atoms with Crippen LogP contribution in [0.25, 0.3) is 0 Å². The van der Waals surface area contributed by atoms with Crippen LogP contribution in [-0.4, -0.2) is 41.6 Å². The van der Waals surface area contributed by atoms with Crippen molar-refractivity contribution in [2.75, 3.05) is 6.54 Å². The fourth-order valence-corrected chi connectivity index (χ4v) is 2.03. The van der Waals surface area contributed by atoms with Crippen molar-refractivity contribution in [3.8, 4) is 0 Å². The van der Waals surface area contributed by atoms with Crippen molar-refractivity contribution in [1.82, 2.24) is 10.6 Å². The van der Waals surface area contributed by atoms with Gasteiger partial charge in [0.1, 0.15) is 6.04 Å². The summed E-state index contributed by atoms with van der Waals surface area (Å²) < 4.78 is 0. The fourth-order valence-electron chi connectivity index (χ4n) is 2.03. The molecule has 23 heavy (non-hydrogen) atoms. The van der Waals surface area contributed by atoms with Crippen molar-refractivity contribution in [3.63, 3.8) is 0 Å². The van der Waals surface area contributed by atoms with Gasteiger partial charge in [-0.1, -0.05) is 30.3 Å². The average molecular weight is 321 g/mol. The molecule has 0 radical (unpaired) electrons. The molecule has 1 rings (SSSR count). The van der Waals surface area contributed by atoms with Crippen LogP contribution in [-0.2, 0) is 16.0 Å². The first-order valence-corrected chi connectivity index (χ1v) is 7.30. The molecule has 126 valence electrons. The average Bonchev–Trinajstić information content (AvgIpc) is 2.50. The van der Waals surface area contributed by atoms with Crippen LogP contribution in [0.5, 0.6) is 0 Å². The molecular formula is C15H23N5O3. The Bertz CT molecular complexity index is 535. The van der Waals surface area contributed by atoms with Gasteiger partial charge in [-0.15, -0.1) is 0 Å². The van der Waals surface area contributed by atoms with Gasteiger partial charge in [0.25, 0.3) is 0 Å². The zero-order chi connectivity index (χ0) is 17.2. The predicted molar refractivity (Wildman–Crippen MR) is 86.8 cm³/mol. The summed E-state index contributed by atoms with van der Waals surface area (Å²) in [5.74, 6) is -1.79. The van der Waals surface area contributed by atoms with E-state index in [4.69, 9.17) is 22.0 Å². The minimum absolute atomic E-state index is 0.175. The Morgan fingerprint density at radius 1 is 1.26 bits per heavy atom. The molecule has 0 heterocycles. The summed E-state index contributed by atoms with van der Waals surface area (Å²) in [5, 5.41) is 21.2. The lowest BCUT2D eigenvalue weighted by atomic mass is 10.1. The highest BCUT2D eigenvalue weighted by Gasteiger charge is 2.23. The molecule has 0 fully saturated rings. The smallest absolute Gasteiger partial charge is 0.326 e. The standard InChI is InChI=1S/C15H23N5O3/c16-11(9-10-5-2-1-3-6-10)13(21)20-12(14(22)23)7-4-8-19-15(17)18/h1-3,5-6,11-12H,4,7-9,16H2,(H,20,21)(H,22,23)(H4,17,18,19)/t11-,12?/m0/s1. The molecule has 0 spiro atoms. The Kier molecular flexibility index (Phi) is 7.55. The highest BCUT2D eigenvalue weighted by Crippen LogP contribution is 2.03. The maximum atomic E-state index is 12.0. The summed E-state index contributed by atoms with van der Waals surface area (Å²) in [6.07, 6.45) is 1.01. The number of hydrogen-bond donors (Lipinski definition) is 6. The Hall–Kier alpha value is -2.61. The zero-order valence-electron chi connectivity index (χ0n) is 12.8. The summed E-state index contributed by atoms with van der Waals surface area (Å²) in [7, 11) is 0. The molecule has 0 aliphatic heterocycles. The largest absolute Gasteiger partial charge is 0.480 e. The van der Waals surface area contributed by atoms with E-state index in [0.717, 1.165) is 5.56 Å². The minimum atomic E-state index is -1.12. The summed E-state index contributed by atoms with van der Waals surface area (Å²) in [4.78, 5) is 23.2. The normalized spacial score (nSPS) is 12.9. The van der Waals surface area contributed by atoms with Crippen LogP contribution in [0.2, 0.25) is 0 Å². The van der Waals surface area contributed by atoms with Gasteiger partial charge in [-0.2, -0.15) is 0 Å². The summed E-state index contributed by atoms with van der Waals surface area (Å²) in [5.41, 5.74) is 11.9. The molecule has 2 atom stereocenters. The van der Waals surface area contributed by atoms with Crippen molar-refractivity contribution in [2.24, 2.45) is 11.5 Å². The molecule has 1 aromatic rings. The van der Waals surface area contributed by atoms with Crippen LogP contribution in [0, 0.1) is 5.41 Å². The number of nitrogens with one attached hydrogen (secondary N) is 3. The van der Waals surface area contributed by atoms with Crippen LogP contribution >= 0.6 is 0 Å². The molecule has 8 N–H and O–H groups in total. The molecule has 8 nitrogen and oxygen atoms in total. The SMILES string of the molecule is N=C(N)NCCCC(NC(=O)[C@@H](N)Cc1ccccc1)C(=O)O. The topological polar surface area (TPSA) is 154 Å². The van der Waals surface area contributed by atoms with Crippen LogP contribution in [0.3, 0.4) is 0 Å². The van der Waals surface area contributed by atoms with E-state index < -0.39 is 24.0 Å². The van der Waals surface area contributed by atoms with Gasteiger partial charge >= 0.3 is 5.97 Å². The number of rotatable bonds is 9. The highest BCUT2D eigenvalue weighted by atomic mass is 16.4. The van der Waals surface area contributed by atoms with Gasteiger partial charge in [0.15, 0.2) is 5.96 Å². The van der Waals surface area contributed by atoms with Gasteiger partial charge < -0.3 is 27.2 Å². The van der Waals surface area contributed by atoms with E-state index in [0.29, 0.717) is 19.4 Å². The number of guanidine groups is 1. The number of hydrogen-bond acceptors (Lipinski definition) is 4. The summed E-state index contributed by atoms with van der Waals surface area (Å²) >= 11 is 0. The van der Waals surface area contributed by atoms with Gasteiger partial charge in [0.2, 0.25) is 5.91 Å². The van der Waals surface area contributed by atoms with E-state index >= 15 is 0 Å².